The third-order valence-electron chi connectivity index (χ3n) is 4.04. The van der Waals surface area contributed by atoms with Gasteiger partial charge in [-0.05, 0) is 19.1 Å². The summed E-state index contributed by atoms with van der Waals surface area (Å²) in [4.78, 5) is 45.3. The van der Waals surface area contributed by atoms with Gasteiger partial charge < -0.3 is 5.32 Å². The van der Waals surface area contributed by atoms with Gasteiger partial charge in [0.1, 0.15) is 0 Å². The lowest BCUT2D eigenvalue weighted by molar-refractivity contribution is -0.385. The lowest BCUT2D eigenvalue weighted by Crippen LogP contribution is -2.14. The van der Waals surface area contributed by atoms with Crippen molar-refractivity contribution in [1.82, 2.24) is 10.2 Å². The number of hydrogen-bond donors (Lipinski definition) is 2. The van der Waals surface area contributed by atoms with E-state index in [0.717, 1.165) is 23.1 Å². The molecule has 2 N–H and O–H groups in total. The lowest BCUT2D eigenvalue weighted by atomic mass is 10.1. The quantitative estimate of drug-likeness (QED) is 0.214. The Bertz CT molecular complexity index is 1210. The summed E-state index contributed by atoms with van der Waals surface area (Å²) < 4.78 is 0.408. The maximum absolute atomic E-state index is 12.5. The Hall–Kier alpha value is -3.91. The molecule has 0 atom stereocenters. The van der Waals surface area contributed by atoms with Crippen LogP contribution in [-0.4, -0.2) is 37.6 Å². The van der Waals surface area contributed by atoms with Gasteiger partial charge in [0.2, 0.25) is 11.0 Å². The Morgan fingerprint density at radius 3 is 2.53 bits per heavy atom. The second-order valence-corrected chi connectivity index (χ2v) is 8.38. The number of rotatable bonds is 8. The zero-order valence-corrected chi connectivity index (χ0v) is 17.9. The molecule has 32 heavy (non-hydrogen) atoms. The molecule has 2 aromatic carbocycles. The normalized spacial score (nSPS) is 10.4. The molecule has 3 aromatic rings. The molecule has 3 rings (SSSR count). The lowest BCUT2D eigenvalue weighted by Gasteiger charge is -2.05. The van der Waals surface area contributed by atoms with Crippen molar-refractivity contribution in [2.24, 2.45) is 0 Å². The summed E-state index contributed by atoms with van der Waals surface area (Å²) in [6.45, 7) is 1.48. The molecule has 0 saturated heterocycles. The molecular formula is C18H14N6O6S2. The van der Waals surface area contributed by atoms with E-state index in [1.807, 2.05) is 0 Å². The minimum atomic E-state index is -0.567. The molecular weight excluding hydrogens is 460 g/mol. The molecule has 164 valence electrons. The molecule has 0 fully saturated rings. The Kier molecular flexibility index (Phi) is 7.07. The first-order valence-electron chi connectivity index (χ1n) is 8.80. The molecule has 0 aliphatic carbocycles. The fourth-order valence-electron chi connectivity index (χ4n) is 2.57. The van der Waals surface area contributed by atoms with E-state index in [9.17, 15) is 29.8 Å². The molecule has 12 nitrogen and oxygen atoms in total. The summed E-state index contributed by atoms with van der Waals surface area (Å²) in [5.74, 6) is -0.999. The van der Waals surface area contributed by atoms with Crippen molar-refractivity contribution in [3.8, 4) is 0 Å². The minimum Gasteiger partial charge on any atom is -0.325 e. The van der Waals surface area contributed by atoms with Crippen LogP contribution in [0.2, 0.25) is 0 Å². The molecule has 0 aliphatic rings. The van der Waals surface area contributed by atoms with Crippen molar-refractivity contribution in [2.75, 3.05) is 16.4 Å². The Balaban J connectivity index is 1.57. The van der Waals surface area contributed by atoms with Gasteiger partial charge in [-0.25, -0.2) is 0 Å². The Morgan fingerprint density at radius 2 is 1.81 bits per heavy atom. The molecule has 14 heteroatoms. The standard InChI is InChI=1S/C18H14N6O6S2/c1-10-13(6-3-7-14(10)24(29)30)16(26)20-17-21-22-18(32-17)31-9-15(25)19-11-4-2-5-12(8-11)23(27)28/h2-8H,9H2,1H3,(H,19,25)(H,20,21,26). The van der Waals surface area contributed by atoms with Crippen LogP contribution in [0.25, 0.3) is 0 Å². The van der Waals surface area contributed by atoms with Crippen molar-refractivity contribution in [3.63, 3.8) is 0 Å². The number of hydrogen-bond acceptors (Lipinski definition) is 10. The number of nitrogens with one attached hydrogen (secondary N) is 2. The van der Waals surface area contributed by atoms with Crippen molar-refractivity contribution in [2.45, 2.75) is 11.3 Å². The van der Waals surface area contributed by atoms with Crippen LogP contribution >= 0.6 is 23.1 Å². The van der Waals surface area contributed by atoms with E-state index in [2.05, 4.69) is 20.8 Å². The summed E-state index contributed by atoms with van der Waals surface area (Å²) in [5.41, 5.74) is 0.356. The average Bonchev–Trinajstić information content (AvgIpc) is 3.19. The van der Waals surface area contributed by atoms with E-state index in [1.54, 1.807) is 0 Å². The van der Waals surface area contributed by atoms with Crippen molar-refractivity contribution >= 4 is 57.1 Å². The second kappa shape index (κ2) is 9.93. The molecule has 2 amide bonds. The number of nitro groups is 2. The zero-order valence-electron chi connectivity index (χ0n) is 16.3. The molecule has 0 unspecified atom stereocenters. The average molecular weight is 474 g/mol. The zero-order chi connectivity index (χ0) is 23.3. The van der Waals surface area contributed by atoms with Crippen molar-refractivity contribution < 1.29 is 19.4 Å². The van der Waals surface area contributed by atoms with Crippen LogP contribution in [0.5, 0.6) is 0 Å². The second-order valence-electron chi connectivity index (χ2n) is 6.18. The number of nitrogens with zero attached hydrogens (tertiary/aromatic N) is 4. The van der Waals surface area contributed by atoms with Gasteiger partial charge in [-0.1, -0.05) is 35.2 Å². The smallest absolute Gasteiger partial charge is 0.273 e. The maximum atomic E-state index is 12.5. The molecule has 0 radical (unpaired) electrons. The fraction of sp³-hybridized carbons (Fsp3) is 0.111. The van der Waals surface area contributed by atoms with Crippen LogP contribution in [0, 0.1) is 27.2 Å². The van der Waals surface area contributed by atoms with Crippen LogP contribution in [0.15, 0.2) is 46.8 Å². The highest BCUT2D eigenvalue weighted by Gasteiger charge is 2.19. The highest BCUT2D eigenvalue weighted by Crippen LogP contribution is 2.27. The fourth-order valence-corrected chi connectivity index (χ4v) is 4.12. The number of nitro benzene ring substituents is 2. The van der Waals surface area contributed by atoms with Crippen LogP contribution < -0.4 is 10.6 Å². The topological polar surface area (TPSA) is 170 Å². The minimum absolute atomic E-state index is 0.0325. The van der Waals surface area contributed by atoms with Gasteiger partial charge in [0, 0.05) is 35.0 Å². The SMILES string of the molecule is Cc1c(C(=O)Nc2nnc(SCC(=O)Nc3cccc([N+](=O)[O-])c3)s2)cccc1[N+](=O)[O-]. The monoisotopic (exact) mass is 474 g/mol. The van der Waals surface area contributed by atoms with Crippen molar-refractivity contribution in [1.29, 1.82) is 0 Å². The number of carbonyl (C=O) groups excluding carboxylic acids is 2. The number of thioether (sulfide) groups is 1. The third kappa shape index (κ3) is 5.61. The van der Waals surface area contributed by atoms with Crippen LogP contribution in [0.4, 0.5) is 22.2 Å². The van der Waals surface area contributed by atoms with E-state index in [4.69, 9.17) is 0 Å². The summed E-state index contributed by atoms with van der Waals surface area (Å²) >= 11 is 2.10. The number of carbonyl (C=O) groups is 2. The largest absolute Gasteiger partial charge is 0.325 e. The van der Waals surface area contributed by atoms with Crippen LogP contribution in [0.3, 0.4) is 0 Å². The predicted molar refractivity (Wildman–Crippen MR) is 118 cm³/mol. The maximum Gasteiger partial charge on any atom is 0.273 e. The van der Waals surface area contributed by atoms with Gasteiger partial charge in [0.25, 0.3) is 17.3 Å². The molecule has 0 saturated carbocycles. The van der Waals surface area contributed by atoms with Crippen LogP contribution in [-0.2, 0) is 4.79 Å². The van der Waals surface area contributed by atoms with E-state index in [1.165, 1.54) is 49.4 Å². The molecule has 1 heterocycles. The first kappa shape index (κ1) is 22.8. The van der Waals surface area contributed by atoms with E-state index in [-0.39, 0.29) is 33.4 Å². The first-order chi connectivity index (χ1) is 15.2. The van der Waals surface area contributed by atoms with Crippen molar-refractivity contribution in [3.05, 3.63) is 73.8 Å². The molecule has 0 aliphatic heterocycles. The van der Waals surface area contributed by atoms with Gasteiger partial charge in [0.05, 0.1) is 15.6 Å². The number of amides is 2. The summed E-state index contributed by atoms with van der Waals surface area (Å²) in [6.07, 6.45) is 0. The van der Waals surface area contributed by atoms with E-state index < -0.39 is 21.7 Å². The third-order valence-corrected chi connectivity index (χ3v) is 6.01. The number of anilines is 2. The Morgan fingerprint density at radius 1 is 1.06 bits per heavy atom. The summed E-state index contributed by atoms with van der Waals surface area (Å²) in [6, 6.07) is 9.75. The number of aromatic nitrogens is 2. The molecule has 0 bridgehead atoms. The van der Waals surface area contributed by atoms with Gasteiger partial charge in [-0.2, -0.15) is 0 Å². The highest BCUT2D eigenvalue weighted by molar-refractivity contribution is 8.01. The van der Waals surface area contributed by atoms with Gasteiger partial charge in [0.15, 0.2) is 4.34 Å². The van der Waals surface area contributed by atoms with Gasteiger partial charge in [-0.15, -0.1) is 10.2 Å². The van der Waals surface area contributed by atoms with E-state index >= 15 is 0 Å². The van der Waals surface area contributed by atoms with Gasteiger partial charge in [-0.3, -0.25) is 35.1 Å². The molecule has 1 aromatic heterocycles. The Labute approximate surface area is 188 Å². The summed E-state index contributed by atoms with van der Waals surface area (Å²) in [5, 5.41) is 34.8. The van der Waals surface area contributed by atoms with E-state index in [0.29, 0.717) is 10.0 Å². The first-order valence-corrected chi connectivity index (χ1v) is 10.6. The van der Waals surface area contributed by atoms with Gasteiger partial charge >= 0.3 is 0 Å². The summed E-state index contributed by atoms with van der Waals surface area (Å²) in [7, 11) is 0. The highest BCUT2D eigenvalue weighted by atomic mass is 32.2. The van der Waals surface area contributed by atoms with Crippen LogP contribution in [0.1, 0.15) is 15.9 Å². The number of benzene rings is 2. The predicted octanol–water partition coefficient (Wildman–Crippen LogP) is 3.65. The molecule has 0 spiro atoms. The number of non-ortho nitro benzene ring substituents is 1.